The van der Waals surface area contributed by atoms with E-state index < -0.39 is 20.8 Å². The Morgan fingerprint density at radius 3 is 2.25 bits per heavy atom. The third-order valence-corrected chi connectivity index (χ3v) is 12.9. The smallest absolute Gasteiger partial charge is 0.0798 e. The molecule has 8 aromatic rings. The van der Waals surface area contributed by atoms with E-state index in [-0.39, 0.29) is 25.7 Å². The molecule has 0 saturated heterocycles. The molecule has 5 aromatic carbocycles. The Bertz CT molecular complexity index is 2670. The molecule has 267 valence electrons. The summed E-state index contributed by atoms with van der Waals surface area (Å²) in [4.78, 5) is 9.26. The van der Waals surface area contributed by atoms with Crippen molar-refractivity contribution in [3.63, 3.8) is 0 Å². The van der Waals surface area contributed by atoms with Gasteiger partial charge < -0.3 is 9.97 Å². The molecule has 5 heteroatoms. The van der Waals surface area contributed by atoms with Crippen LogP contribution in [-0.2, 0) is 20.1 Å². The van der Waals surface area contributed by atoms with E-state index in [2.05, 4.69) is 122 Å². The number of fused-ring (bicyclic) bond motifs is 3. The summed E-state index contributed by atoms with van der Waals surface area (Å²) in [5, 5.41) is 3.82. The molecule has 0 aliphatic carbocycles. The molecular formula is C48H44IrN2SSi-2. The van der Waals surface area contributed by atoms with Crippen LogP contribution in [0, 0.1) is 32.8 Å². The molecule has 0 fully saturated rings. The normalized spacial score (nSPS) is 13.8. The monoisotopic (exact) mass is 905 g/mol. The first-order chi connectivity index (χ1) is 26.6. The molecule has 3 heterocycles. The molecule has 53 heavy (non-hydrogen) atoms. The molecule has 0 bridgehead atoms. The van der Waals surface area contributed by atoms with Crippen molar-refractivity contribution in [2.75, 3.05) is 0 Å². The van der Waals surface area contributed by atoms with E-state index in [0.717, 1.165) is 38.3 Å². The van der Waals surface area contributed by atoms with Crippen LogP contribution >= 0.6 is 11.3 Å². The Morgan fingerprint density at radius 1 is 0.736 bits per heavy atom. The van der Waals surface area contributed by atoms with Gasteiger partial charge in [0.05, 0.1) is 8.07 Å². The van der Waals surface area contributed by atoms with Gasteiger partial charge in [0.2, 0.25) is 0 Å². The van der Waals surface area contributed by atoms with E-state index in [0.29, 0.717) is 0 Å². The van der Waals surface area contributed by atoms with Crippen LogP contribution in [0.5, 0.6) is 0 Å². The minimum atomic E-state index is -2.17. The molecule has 0 N–H and O–H groups in total. The van der Waals surface area contributed by atoms with Gasteiger partial charge in [0.25, 0.3) is 0 Å². The van der Waals surface area contributed by atoms with Gasteiger partial charge in [0.1, 0.15) is 0 Å². The van der Waals surface area contributed by atoms with Crippen LogP contribution in [0.1, 0.15) is 46.1 Å². The van der Waals surface area contributed by atoms with Crippen LogP contribution in [0.2, 0.25) is 19.6 Å². The largest absolute Gasteiger partial charge is 0.305 e. The molecule has 0 saturated carbocycles. The van der Waals surface area contributed by atoms with Crippen LogP contribution in [0.3, 0.4) is 0 Å². The maximum absolute atomic E-state index is 9.19. The second kappa shape index (κ2) is 16.2. The molecule has 8 rings (SSSR count). The zero-order chi connectivity index (χ0) is 39.8. The predicted molar refractivity (Wildman–Crippen MR) is 226 cm³/mol. The van der Waals surface area contributed by atoms with Gasteiger partial charge in [0.15, 0.2) is 0 Å². The summed E-state index contributed by atoms with van der Waals surface area (Å²) < 4.78 is 34.4. The quantitative estimate of drug-likeness (QED) is 0.123. The van der Waals surface area contributed by atoms with E-state index in [9.17, 15) is 1.37 Å². The number of thiophene rings is 1. The second-order valence-electron chi connectivity index (χ2n) is 14.3. The van der Waals surface area contributed by atoms with Crippen molar-refractivity contribution in [2.24, 2.45) is 0 Å². The van der Waals surface area contributed by atoms with Crippen molar-refractivity contribution < 1.29 is 25.6 Å². The van der Waals surface area contributed by atoms with Crippen molar-refractivity contribution in [3.8, 4) is 33.6 Å². The number of hydrogen-bond acceptors (Lipinski definition) is 3. The summed E-state index contributed by atoms with van der Waals surface area (Å²) in [5.74, 6) is -1.08. The molecule has 0 spiro atoms. The fourth-order valence-electron chi connectivity index (χ4n) is 6.72. The molecule has 1 radical (unpaired) electrons. The molecule has 2 nitrogen and oxygen atoms in total. The van der Waals surface area contributed by atoms with E-state index in [1.54, 1.807) is 41.8 Å². The Balaban J connectivity index is 0.000000256. The maximum Gasteiger partial charge on any atom is 0.0798 e. The molecular weight excluding hydrogens is 857 g/mol. The Kier molecular flexibility index (Phi) is 10.1. The van der Waals surface area contributed by atoms with E-state index in [1.807, 2.05) is 43.3 Å². The van der Waals surface area contributed by atoms with Gasteiger partial charge in [-0.15, -0.1) is 59.7 Å². The number of nitrogens with zero attached hydrogens (tertiary/aromatic N) is 2. The van der Waals surface area contributed by atoms with Gasteiger partial charge in [-0.3, -0.25) is 0 Å². The summed E-state index contributed by atoms with van der Waals surface area (Å²) in [5.41, 5.74) is 10.6. The predicted octanol–water partition coefficient (Wildman–Crippen LogP) is 12.8. The van der Waals surface area contributed by atoms with Crippen molar-refractivity contribution in [2.45, 2.75) is 53.2 Å². The standard InChI is InChI=1S/C33H26NS.C15H18NSi.Ir/c1-21-11-13-24(14-12-21)23(3)25-17-18-34-31(19-25)30-10-6-9-29-28-16-15-26(20-32(28)35-33(29)30)27-8-5-4-7-22(27)2;1-12-10-14(13-8-6-5-7-9-13)16-11-15(12)17(2,3)4;/h4-9,11-20,23H,1-3H3;5-8,10-11H,1-4H3;/q2*-1;/i1D3,23D;;. The first kappa shape index (κ1) is 33.1. The van der Waals surface area contributed by atoms with Gasteiger partial charge in [0, 0.05) is 48.6 Å². The minimum absolute atomic E-state index is 0. The van der Waals surface area contributed by atoms with Gasteiger partial charge in [-0.1, -0.05) is 116 Å². The maximum atomic E-state index is 9.19. The number of pyridine rings is 2. The number of aryl methyl sites for hydroxylation is 3. The summed E-state index contributed by atoms with van der Waals surface area (Å²) in [6.07, 6.45) is 3.79. The average molecular weight is 905 g/mol. The average Bonchev–Trinajstić information content (AvgIpc) is 3.56. The van der Waals surface area contributed by atoms with E-state index >= 15 is 0 Å². The molecule has 3 aromatic heterocycles. The fourth-order valence-corrected chi connectivity index (χ4v) is 9.68. The zero-order valence-corrected chi connectivity index (χ0v) is 35.0. The van der Waals surface area contributed by atoms with Crippen molar-refractivity contribution in [1.82, 2.24) is 9.97 Å². The molecule has 1 unspecified atom stereocenters. The number of rotatable bonds is 6. The molecule has 1 atom stereocenters. The number of aromatic nitrogens is 2. The Labute approximate surface area is 339 Å². The Morgan fingerprint density at radius 2 is 1.53 bits per heavy atom. The van der Waals surface area contributed by atoms with Crippen LogP contribution in [0.15, 0.2) is 134 Å². The van der Waals surface area contributed by atoms with Crippen molar-refractivity contribution in [1.29, 1.82) is 0 Å². The van der Waals surface area contributed by atoms with E-state index in [1.165, 1.54) is 42.9 Å². The van der Waals surface area contributed by atoms with Crippen LogP contribution in [-0.4, -0.2) is 18.0 Å². The van der Waals surface area contributed by atoms with Crippen LogP contribution in [0.25, 0.3) is 53.8 Å². The number of hydrogen-bond donors (Lipinski definition) is 0. The first-order valence-electron chi connectivity index (χ1n) is 19.6. The number of benzene rings is 5. The van der Waals surface area contributed by atoms with Crippen molar-refractivity contribution >= 4 is 44.8 Å². The van der Waals surface area contributed by atoms with Gasteiger partial charge in [-0.25, -0.2) is 0 Å². The summed E-state index contributed by atoms with van der Waals surface area (Å²) in [6, 6.07) is 46.4. The molecule has 0 aliphatic rings. The van der Waals surface area contributed by atoms with Gasteiger partial charge >= 0.3 is 0 Å². The molecule has 0 aliphatic heterocycles. The zero-order valence-electron chi connectivity index (χ0n) is 34.8. The SMILES string of the molecule is Cc1cc(-c2[c-]cccc2)ncc1[Si](C)(C)C.[2H]C([2H])([2H])c1ccc(C([2H])(C)c2ccnc(-c3[c-]ccc4c3sc3cc(-c5ccccc5C)ccc34)c2)cc1.[Ir]. The summed E-state index contributed by atoms with van der Waals surface area (Å²) in [6.45, 7) is 11.0. The fraction of sp³-hybridized carbons (Fsp3) is 0.167. The minimum Gasteiger partial charge on any atom is -0.305 e. The van der Waals surface area contributed by atoms with Gasteiger partial charge in [-0.2, -0.15) is 11.3 Å². The Hall–Kier alpha value is -4.51. The third-order valence-electron chi connectivity index (χ3n) is 9.56. The molecule has 0 amide bonds. The van der Waals surface area contributed by atoms with Crippen molar-refractivity contribution in [3.05, 3.63) is 174 Å². The van der Waals surface area contributed by atoms with Gasteiger partial charge in [-0.05, 0) is 87.3 Å². The van der Waals surface area contributed by atoms with Crippen LogP contribution < -0.4 is 5.19 Å². The first-order valence-corrected chi connectivity index (χ1v) is 21.9. The summed E-state index contributed by atoms with van der Waals surface area (Å²) in [7, 11) is -1.27. The third kappa shape index (κ3) is 8.35. The topological polar surface area (TPSA) is 25.8 Å². The van der Waals surface area contributed by atoms with E-state index in [4.69, 9.17) is 4.11 Å². The van der Waals surface area contributed by atoms with Crippen LogP contribution in [0.4, 0.5) is 0 Å². The summed E-state index contributed by atoms with van der Waals surface area (Å²) >= 11 is 1.74. The second-order valence-corrected chi connectivity index (χ2v) is 20.4.